The van der Waals surface area contributed by atoms with Crippen LogP contribution in [0.3, 0.4) is 0 Å². The molecule has 0 unspecified atom stereocenters. The van der Waals surface area contributed by atoms with Gasteiger partial charge in [-0.15, -0.1) is 23.1 Å². The molecule has 1 aromatic rings. The molecular weight excluding hydrogens is 272 g/mol. The van der Waals surface area contributed by atoms with E-state index >= 15 is 0 Å². The van der Waals surface area contributed by atoms with Crippen LogP contribution in [0, 0.1) is 0 Å². The molecule has 0 spiro atoms. The number of nitrogens with two attached hydrogens (primary N) is 1. The van der Waals surface area contributed by atoms with Crippen molar-refractivity contribution in [3.8, 4) is 0 Å². The minimum Gasteiger partial charge on any atom is -0.462 e. The highest BCUT2D eigenvalue weighted by atomic mass is 32.2. The predicted octanol–water partition coefficient (Wildman–Crippen LogP) is 1.98. The second-order valence-corrected chi connectivity index (χ2v) is 5.79. The van der Waals surface area contributed by atoms with Gasteiger partial charge in [-0.25, -0.2) is 4.79 Å². The van der Waals surface area contributed by atoms with Gasteiger partial charge < -0.3 is 15.8 Å². The Hall–Kier alpha value is -1.21. The number of thiophene rings is 1. The molecule has 0 aliphatic heterocycles. The van der Waals surface area contributed by atoms with Gasteiger partial charge in [0, 0.05) is 7.05 Å². The number of hydrogen-bond donors (Lipinski definition) is 2. The van der Waals surface area contributed by atoms with Gasteiger partial charge in [-0.2, -0.15) is 0 Å². The molecular formula is C11H16N2O3S2. The Morgan fingerprint density at radius 3 is 2.61 bits per heavy atom. The van der Waals surface area contributed by atoms with Crippen LogP contribution in [0.2, 0.25) is 0 Å². The Balaban J connectivity index is 3.23. The second-order valence-electron chi connectivity index (χ2n) is 3.24. The maximum Gasteiger partial charge on any atom is 0.350 e. The van der Waals surface area contributed by atoms with Crippen LogP contribution in [-0.4, -0.2) is 31.3 Å². The van der Waals surface area contributed by atoms with Crippen molar-refractivity contribution < 1.29 is 14.3 Å². The highest BCUT2D eigenvalue weighted by molar-refractivity contribution is 8.01. The number of rotatable bonds is 5. The number of amides is 1. The van der Waals surface area contributed by atoms with E-state index in [1.54, 1.807) is 6.92 Å². The summed E-state index contributed by atoms with van der Waals surface area (Å²) in [6, 6.07) is 0. The number of nitrogens with one attached hydrogen (secondary N) is 1. The monoisotopic (exact) mass is 288 g/mol. The summed E-state index contributed by atoms with van der Waals surface area (Å²) >= 11 is 2.69. The summed E-state index contributed by atoms with van der Waals surface area (Å²) in [7, 11) is 1.53. The zero-order valence-electron chi connectivity index (χ0n) is 10.5. The van der Waals surface area contributed by atoms with Gasteiger partial charge in [-0.3, -0.25) is 4.79 Å². The Bertz CT molecular complexity index is 457. The molecule has 0 saturated carbocycles. The smallest absolute Gasteiger partial charge is 0.350 e. The molecule has 1 rings (SSSR count). The van der Waals surface area contributed by atoms with Crippen molar-refractivity contribution in [3.05, 3.63) is 10.4 Å². The molecule has 0 aliphatic rings. The Morgan fingerprint density at radius 1 is 1.44 bits per heavy atom. The Labute approximate surface area is 114 Å². The molecule has 1 amide bonds. The first-order chi connectivity index (χ1) is 8.56. The lowest BCUT2D eigenvalue weighted by Crippen LogP contribution is -2.19. The SMILES string of the molecule is CCOC(=O)c1sc(SCC)c(C(=O)NC)c1N. The van der Waals surface area contributed by atoms with Crippen molar-refractivity contribution in [3.63, 3.8) is 0 Å². The van der Waals surface area contributed by atoms with E-state index in [9.17, 15) is 9.59 Å². The van der Waals surface area contributed by atoms with Crippen molar-refractivity contribution >= 4 is 40.7 Å². The lowest BCUT2D eigenvalue weighted by atomic mass is 10.2. The van der Waals surface area contributed by atoms with Crippen molar-refractivity contribution in [2.75, 3.05) is 25.1 Å². The van der Waals surface area contributed by atoms with Crippen LogP contribution >= 0.6 is 23.1 Å². The number of hydrogen-bond acceptors (Lipinski definition) is 6. The van der Waals surface area contributed by atoms with Gasteiger partial charge in [0.15, 0.2) is 0 Å². The number of nitrogen functional groups attached to an aromatic ring is 1. The van der Waals surface area contributed by atoms with Crippen LogP contribution in [0.5, 0.6) is 0 Å². The maximum atomic E-state index is 11.8. The van der Waals surface area contributed by atoms with E-state index in [1.807, 2.05) is 6.92 Å². The summed E-state index contributed by atoms with van der Waals surface area (Å²) in [6.45, 7) is 3.98. The van der Waals surface area contributed by atoms with E-state index in [-0.39, 0.29) is 18.2 Å². The average Bonchev–Trinajstić information content (AvgIpc) is 2.66. The second kappa shape index (κ2) is 6.65. The first-order valence-corrected chi connectivity index (χ1v) is 7.31. The predicted molar refractivity (Wildman–Crippen MR) is 74.5 cm³/mol. The molecule has 1 heterocycles. The van der Waals surface area contributed by atoms with Gasteiger partial charge >= 0.3 is 5.97 Å². The number of carbonyl (C=O) groups is 2. The van der Waals surface area contributed by atoms with E-state index < -0.39 is 5.97 Å². The van der Waals surface area contributed by atoms with Gasteiger partial charge in [-0.05, 0) is 12.7 Å². The molecule has 0 fully saturated rings. The Kier molecular flexibility index (Phi) is 5.49. The normalized spacial score (nSPS) is 10.2. The average molecular weight is 288 g/mol. The van der Waals surface area contributed by atoms with Gasteiger partial charge in [0.1, 0.15) is 4.88 Å². The van der Waals surface area contributed by atoms with Crippen molar-refractivity contribution in [1.82, 2.24) is 5.32 Å². The van der Waals surface area contributed by atoms with Gasteiger partial charge in [0.25, 0.3) is 5.91 Å². The van der Waals surface area contributed by atoms with Crippen LogP contribution in [0.25, 0.3) is 0 Å². The first kappa shape index (κ1) is 14.8. The molecule has 0 aliphatic carbocycles. The molecule has 18 heavy (non-hydrogen) atoms. The standard InChI is InChI=1S/C11H16N2O3S2/c1-4-16-10(15)8-7(12)6(9(14)13-3)11(18-8)17-5-2/h4-5,12H2,1-3H3,(H,13,14). The summed E-state index contributed by atoms with van der Waals surface area (Å²) in [6.07, 6.45) is 0. The highest BCUT2D eigenvalue weighted by Crippen LogP contribution is 2.38. The summed E-state index contributed by atoms with van der Waals surface area (Å²) in [5, 5.41) is 2.53. The van der Waals surface area contributed by atoms with Crippen molar-refractivity contribution in [2.45, 2.75) is 18.1 Å². The van der Waals surface area contributed by atoms with Gasteiger partial charge in [-0.1, -0.05) is 6.92 Å². The number of ether oxygens (including phenoxy) is 1. The minimum absolute atomic E-state index is 0.203. The summed E-state index contributed by atoms with van der Waals surface area (Å²) in [5.41, 5.74) is 6.45. The van der Waals surface area contributed by atoms with Gasteiger partial charge in [0.05, 0.1) is 22.1 Å². The summed E-state index contributed by atoms with van der Waals surface area (Å²) < 4.78 is 5.67. The minimum atomic E-state index is -0.479. The van der Waals surface area contributed by atoms with Crippen LogP contribution in [0.1, 0.15) is 33.9 Å². The van der Waals surface area contributed by atoms with Crippen LogP contribution < -0.4 is 11.1 Å². The zero-order valence-corrected chi connectivity index (χ0v) is 12.2. The van der Waals surface area contributed by atoms with E-state index in [1.165, 1.54) is 30.1 Å². The maximum absolute atomic E-state index is 11.8. The Morgan fingerprint density at radius 2 is 2.11 bits per heavy atom. The number of esters is 1. The van der Waals surface area contributed by atoms with Crippen LogP contribution in [-0.2, 0) is 4.74 Å². The molecule has 0 saturated heterocycles. The third-order valence-corrected chi connectivity index (χ3v) is 4.44. The van der Waals surface area contributed by atoms with Crippen molar-refractivity contribution in [2.24, 2.45) is 0 Å². The highest BCUT2D eigenvalue weighted by Gasteiger charge is 2.25. The molecule has 0 radical (unpaired) electrons. The summed E-state index contributed by atoms with van der Waals surface area (Å²) in [4.78, 5) is 23.8. The topological polar surface area (TPSA) is 81.4 Å². The molecule has 0 aromatic carbocycles. The molecule has 0 atom stereocenters. The molecule has 5 nitrogen and oxygen atoms in total. The quantitative estimate of drug-likeness (QED) is 0.639. The van der Waals surface area contributed by atoms with E-state index in [4.69, 9.17) is 10.5 Å². The summed E-state index contributed by atoms with van der Waals surface area (Å²) in [5.74, 6) is 0.0370. The van der Waals surface area contributed by atoms with E-state index in [2.05, 4.69) is 5.32 Å². The third-order valence-electron chi connectivity index (χ3n) is 2.10. The fourth-order valence-electron chi connectivity index (χ4n) is 1.34. The van der Waals surface area contributed by atoms with Crippen LogP contribution in [0.15, 0.2) is 4.21 Å². The van der Waals surface area contributed by atoms with Crippen molar-refractivity contribution in [1.29, 1.82) is 0 Å². The molecule has 0 bridgehead atoms. The fraction of sp³-hybridized carbons (Fsp3) is 0.455. The molecule has 7 heteroatoms. The first-order valence-electron chi connectivity index (χ1n) is 5.50. The molecule has 100 valence electrons. The molecule has 3 N–H and O–H groups in total. The number of thioether (sulfide) groups is 1. The van der Waals surface area contributed by atoms with E-state index in [0.29, 0.717) is 10.4 Å². The molecule has 1 aromatic heterocycles. The number of anilines is 1. The lowest BCUT2D eigenvalue weighted by molar-refractivity contribution is 0.0533. The van der Waals surface area contributed by atoms with E-state index in [0.717, 1.165) is 9.96 Å². The third kappa shape index (κ3) is 2.97. The fourth-order valence-corrected chi connectivity index (χ4v) is 3.64. The van der Waals surface area contributed by atoms with Gasteiger partial charge in [0.2, 0.25) is 0 Å². The van der Waals surface area contributed by atoms with Crippen LogP contribution in [0.4, 0.5) is 5.69 Å². The lowest BCUT2D eigenvalue weighted by Gasteiger charge is -2.02. The number of carbonyl (C=O) groups excluding carboxylic acids is 2. The largest absolute Gasteiger partial charge is 0.462 e. The zero-order chi connectivity index (χ0) is 13.7.